The summed E-state index contributed by atoms with van der Waals surface area (Å²) in [5.74, 6) is 0.361. The summed E-state index contributed by atoms with van der Waals surface area (Å²) in [4.78, 5) is 14.3. The molecule has 0 aromatic heterocycles. The number of carbonyl (C=O) groups excluding carboxylic acids is 1. The van der Waals surface area contributed by atoms with Crippen LogP contribution < -0.4 is 16.0 Å². The lowest BCUT2D eigenvalue weighted by atomic mass is 9.95. The molecule has 104 valence electrons. The van der Waals surface area contributed by atoms with Crippen LogP contribution in [0.2, 0.25) is 0 Å². The van der Waals surface area contributed by atoms with E-state index in [1.54, 1.807) is 0 Å². The minimum atomic E-state index is 0.160. The van der Waals surface area contributed by atoms with Gasteiger partial charge in [0.1, 0.15) is 0 Å². The molecule has 1 aromatic rings. The average Bonchev–Trinajstić information content (AvgIpc) is 2.39. The zero-order valence-electron chi connectivity index (χ0n) is 11.7. The summed E-state index contributed by atoms with van der Waals surface area (Å²) >= 11 is 0. The van der Waals surface area contributed by atoms with Gasteiger partial charge in [-0.15, -0.1) is 0 Å². The first-order valence-electron chi connectivity index (χ1n) is 6.97. The maximum atomic E-state index is 12.0. The molecule has 0 radical (unpaired) electrons. The Balaban J connectivity index is 1.88. The molecule has 1 aliphatic rings. The van der Waals surface area contributed by atoms with Crippen LogP contribution in [0.15, 0.2) is 24.3 Å². The number of nitrogens with one attached hydrogen (secondary N) is 1. The molecule has 19 heavy (non-hydrogen) atoms. The van der Waals surface area contributed by atoms with Gasteiger partial charge in [-0.3, -0.25) is 4.79 Å². The van der Waals surface area contributed by atoms with Crippen molar-refractivity contribution >= 4 is 17.3 Å². The van der Waals surface area contributed by atoms with E-state index in [4.69, 9.17) is 5.73 Å². The zero-order chi connectivity index (χ0) is 13.8. The minimum absolute atomic E-state index is 0.160. The van der Waals surface area contributed by atoms with E-state index in [0.717, 1.165) is 31.6 Å². The largest absolute Gasteiger partial charge is 0.399 e. The Hall–Kier alpha value is -1.71. The van der Waals surface area contributed by atoms with Gasteiger partial charge >= 0.3 is 0 Å². The number of hydrogen-bond donors (Lipinski definition) is 2. The van der Waals surface area contributed by atoms with Gasteiger partial charge < -0.3 is 16.0 Å². The fraction of sp³-hybridized carbons (Fsp3) is 0.533. The fourth-order valence-electron chi connectivity index (χ4n) is 2.49. The van der Waals surface area contributed by atoms with Crippen LogP contribution >= 0.6 is 0 Å². The minimum Gasteiger partial charge on any atom is -0.399 e. The number of nitrogen functional groups attached to an aromatic ring is 1. The third-order valence-corrected chi connectivity index (χ3v) is 3.55. The van der Waals surface area contributed by atoms with Crippen molar-refractivity contribution in [3.63, 3.8) is 0 Å². The topological polar surface area (TPSA) is 58.4 Å². The monoisotopic (exact) mass is 261 g/mol. The normalized spacial score (nSPS) is 16.7. The second-order valence-electron chi connectivity index (χ2n) is 5.52. The quantitative estimate of drug-likeness (QED) is 0.818. The van der Waals surface area contributed by atoms with Gasteiger partial charge in [0.15, 0.2) is 0 Å². The third kappa shape index (κ3) is 3.63. The Morgan fingerprint density at radius 2 is 1.84 bits per heavy atom. The van der Waals surface area contributed by atoms with E-state index in [9.17, 15) is 4.79 Å². The van der Waals surface area contributed by atoms with Gasteiger partial charge in [-0.05, 0) is 51.0 Å². The number of carbonyl (C=O) groups is 1. The zero-order valence-corrected chi connectivity index (χ0v) is 11.7. The first-order valence-corrected chi connectivity index (χ1v) is 6.97. The number of amides is 1. The molecule has 1 amide bonds. The summed E-state index contributed by atoms with van der Waals surface area (Å²) in [6.45, 7) is 5.86. The molecule has 1 fully saturated rings. The number of nitrogens with zero attached hydrogens (tertiary/aromatic N) is 1. The first-order chi connectivity index (χ1) is 9.06. The Morgan fingerprint density at radius 3 is 2.37 bits per heavy atom. The number of hydrogen-bond acceptors (Lipinski definition) is 3. The summed E-state index contributed by atoms with van der Waals surface area (Å²) in [5.41, 5.74) is 7.67. The van der Waals surface area contributed by atoms with Crippen LogP contribution in [0.5, 0.6) is 0 Å². The van der Waals surface area contributed by atoms with E-state index in [-0.39, 0.29) is 17.9 Å². The fourth-order valence-corrected chi connectivity index (χ4v) is 2.49. The molecule has 0 saturated carbocycles. The van der Waals surface area contributed by atoms with E-state index in [1.165, 1.54) is 5.69 Å². The van der Waals surface area contributed by atoms with E-state index >= 15 is 0 Å². The first kappa shape index (κ1) is 13.7. The van der Waals surface area contributed by atoms with E-state index in [1.807, 2.05) is 38.1 Å². The molecule has 0 bridgehead atoms. The lowest BCUT2D eigenvalue weighted by molar-refractivity contribution is -0.126. The van der Waals surface area contributed by atoms with Gasteiger partial charge in [0.25, 0.3) is 0 Å². The van der Waals surface area contributed by atoms with Crippen molar-refractivity contribution in [3.8, 4) is 0 Å². The molecule has 1 heterocycles. The van der Waals surface area contributed by atoms with Crippen molar-refractivity contribution in [1.82, 2.24) is 5.32 Å². The Morgan fingerprint density at radius 1 is 1.26 bits per heavy atom. The van der Waals surface area contributed by atoms with E-state index in [2.05, 4.69) is 10.2 Å². The van der Waals surface area contributed by atoms with Gasteiger partial charge in [0.2, 0.25) is 5.91 Å². The van der Waals surface area contributed by atoms with Crippen molar-refractivity contribution in [2.75, 3.05) is 23.7 Å². The molecular formula is C15H23N3O. The van der Waals surface area contributed by atoms with Gasteiger partial charge in [0.05, 0.1) is 0 Å². The van der Waals surface area contributed by atoms with Crippen molar-refractivity contribution in [1.29, 1.82) is 0 Å². The van der Waals surface area contributed by atoms with E-state index < -0.39 is 0 Å². The highest BCUT2D eigenvalue weighted by atomic mass is 16.1. The molecule has 2 rings (SSSR count). The predicted octanol–water partition coefficient (Wildman–Crippen LogP) is 2.01. The lowest BCUT2D eigenvalue weighted by Gasteiger charge is -2.33. The van der Waals surface area contributed by atoms with Crippen molar-refractivity contribution in [2.24, 2.45) is 5.92 Å². The summed E-state index contributed by atoms with van der Waals surface area (Å²) in [6.07, 6.45) is 1.84. The molecule has 1 aromatic carbocycles. The molecular weight excluding hydrogens is 238 g/mol. The number of anilines is 2. The third-order valence-electron chi connectivity index (χ3n) is 3.55. The van der Waals surface area contributed by atoms with Gasteiger partial charge in [-0.25, -0.2) is 0 Å². The second-order valence-corrected chi connectivity index (χ2v) is 5.52. The molecule has 0 spiro atoms. The van der Waals surface area contributed by atoms with Crippen LogP contribution in [0.3, 0.4) is 0 Å². The number of rotatable bonds is 3. The lowest BCUT2D eigenvalue weighted by Crippen LogP contribution is -2.42. The van der Waals surface area contributed by atoms with Crippen LogP contribution in [-0.4, -0.2) is 25.0 Å². The predicted molar refractivity (Wildman–Crippen MR) is 79.1 cm³/mol. The molecule has 1 saturated heterocycles. The number of nitrogens with two attached hydrogens (primary N) is 1. The summed E-state index contributed by atoms with van der Waals surface area (Å²) in [5, 5.41) is 3.00. The maximum Gasteiger partial charge on any atom is 0.223 e. The van der Waals surface area contributed by atoms with E-state index in [0.29, 0.717) is 0 Å². The van der Waals surface area contributed by atoms with Gasteiger partial charge in [-0.2, -0.15) is 0 Å². The molecule has 4 heteroatoms. The van der Waals surface area contributed by atoms with Crippen LogP contribution in [0.4, 0.5) is 11.4 Å². The number of benzene rings is 1. The SMILES string of the molecule is CC(C)NC(=O)C1CCN(c2ccc(N)cc2)CC1. The van der Waals surface area contributed by atoms with Crippen LogP contribution in [-0.2, 0) is 4.79 Å². The number of piperidine rings is 1. The summed E-state index contributed by atoms with van der Waals surface area (Å²) in [6, 6.07) is 8.16. The van der Waals surface area contributed by atoms with Crippen LogP contribution in [0.1, 0.15) is 26.7 Å². The highest BCUT2D eigenvalue weighted by Gasteiger charge is 2.25. The van der Waals surface area contributed by atoms with Gasteiger partial charge in [-0.1, -0.05) is 0 Å². The Labute approximate surface area is 115 Å². The molecule has 0 unspecified atom stereocenters. The molecule has 0 aliphatic carbocycles. The smallest absolute Gasteiger partial charge is 0.223 e. The standard InChI is InChI=1S/C15H23N3O/c1-11(2)17-15(19)12-7-9-18(10-8-12)14-5-3-13(16)4-6-14/h3-6,11-12H,7-10,16H2,1-2H3,(H,17,19). The highest BCUT2D eigenvalue weighted by molar-refractivity contribution is 5.79. The second kappa shape index (κ2) is 5.95. The van der Waals surface area contributed by atoms with Crippen LogP contribution in [0.25, 0.3) is 0 Å². The summed E-state index contributed by atoms with van der Waals surface area (Å²) in [7, 11) is 0. The van der Waals surface area contributed by atoms with Gasteiger partial charge in [0, 0.05) is 36.4 Å². The summed E-state index contributed by atoms with van der Waals surface area (Å²) < 4.78 is 0. The molecule has 0 atom stereocenters. The maximum absolute atomic E-state index is 12.0. The molecule has 4 nitrogen and oxygen atoms in total. The van der Waals surface area contributed by atoms with Crippen molar-refractivity contribution < 1.29 is 4.79 Å². The highest BCUT2D eigenvalue weighted by Crippen LogP contribution is 2.24. The molecule has 3 N–H and O–H groups in total. The Bertz CT molecular complexity index is 420. The van der Waals surface area contributed by atoms with Crippen molar-refractivity contribution in [3.05, 3.63) is 24.3 Å². The van der Waals surface area contributed by atoms with Crippen LogP contribution in [0, 0.1) is 5.92 Å². The molecule has 1 aliphatic heterocycles. The average molecular weight is 261 g/mol. The van der Waals surface area contributed by atoms with Crippen molar-refractivity contribution in [2.45, 2.75) is 32.7 Å². The Kier molecular flexibility index (Phi) is 4.30.